The number of halogens is 2. The maximum absolute atomic E-state index is 12.3. The fourth-order valence-electron chi connectivity index (χ4n) is 2.30. The first-order chi connectivity index (χ1) is 8.61. The van der Waals surface area contributed by atoms with E-state index in [0.29, 0.717) is 21.5 Å². The molecule has 1 fully saturated rings. The Morgan fingerprint density at radius 2 is 2.28 bits per heavy atom. The lowest BCUT2D eigenvalue weighted by atomic mass is 10.1. The summed E-state index contributed by atoms with van der Waals surface area (Å²) in [6, 6.07) is 4.99. The Morgan fingerprint density at radius 1 is 1.50 bits per heavy atom. The quantitative estimate of drug-likeness (QED) is 0.927. The first kappa shape index (κ1) is 13.7. The van der Waals surface area contributed by atoms with Crippen LogP contribution >= 0.6 is 23.2 Å². The minimum atomic E-state index is -0.0268. The van der Waals surface area contributed by atoms with E-state index in [9.17, 15) is 4.79 Å². The molecule has 0 unspecified atom stereocenters. The topological polar surface area (TPSA) is 32.3 Å². The van der Waals surface area contributed by atoms with Crippen molar-refractivity contribution >= 4 is 29.1 Å². The Morgan fingerprint density at radius 3 is 3.00 bits per heavy atom. The van der Waals surface area contributed by atoms with Crippen molar-refractivity contribution in [2.75, 3.05) is 26.7 Å². The van der Waals surface area contributed by atoms with Crippen molar-refractivity contribution in [3.8, 4) is 0 Å². The molecule has 1 N–H and O–H groups in total. The summed E-state index contributed by atoms with van der Waals surface area (Å²) in [5, 5.41) is 4.14. The lowest BCUT2D eigenvalue weighted by molar-refractivity contribution is 0.0787. The van der Waals surface area contributed by atoms with Crippen LogP contribution in [-0.2, 0) is 0 Å². The van der Waals surface area contributed by atoms with Crippen molar-refractivity contribution in [1.82, 2.24) is 10.2 Å². The van der Waals surface area contributed by atoms with E-state index in [1.165, 1.54) is 0 Å². The summed E-state index contributed by atoms with van der Waals surface area (Å²) in [6.07, 6.45) is 1.03. The van der Waals surface area contributed by atoms with Crippen LogP contribution in [0.2, 0.25) is 10.0 Å². The first-order valence-corrected chi connectivity index (χ1v) is 6.76. The molecule has 0 aliphatic carbocycles. The summed E-state index contributed by atoms with van der Waals surface area (Å²) in [6.45, 7) is 2.50. The van der Waals surface area contributed by atoms with Crippen molar-refractivity contribution in [2.24, 2.45) is 5.92 Å². The van der Waals surface area contributed by atoms with Gasteiger partial charge in [0.1, 0.15) is 0 Å². The van der Waals surface area contributed by atoms with Gasteiger partial charge in [-0.15, -0.1) is 0 Å². The van der Waals surface area contributed by atoms with E-state index < -0.39 is 0 Å². The molecule has 0 saturated carbocycles. The smallest absolute Gasteiger partial charge is 0.255 e. The molecular formula is C13H16Cl2N2O. The van der Waals surface area contributed by atoms with Crippen molar-refractivity contribution in [1.29, 1.82) is 0 Å². The maximum atomic E-state index is 12.3. The third-order valence-electron chi connectivity index (χ3n) is 3.22. The highest BCUT2D eigenvalue weighted by atomic mass is 35.5. The van der Waals surface area contributed by atoms with E-state index >= 15 is 0 Å². The van der Waals surface area contributed by atoms with E-state index in [2.05, 4.69) is 5.32 Å². The van der Waals surface area contributed by atoms with Crippen LogP contribution in [0.4, 0.5) is 0 Å². The van der Waals surface area contributed by atoms with Gasteiger partial charge in [0, 0.05) is 18.1 Å². The van der Waals surface area contributed by atoms with E-state index in [0.717, 1.165) is 26.1 Å². The van der Waals surface area contributed by atoms with E-state index in [4.69, 9.17) is 23.2 Å². The summed E-state index contributed by atoms with van der Waals surface area (Å²) >= 11 is 12.0. The Kier molecular flexibility index (Phi) is 4.49. The highest BCUT2D eigenvalue weighted by Gasteiger charge is 2.27. The summed E-state index contributed by atoms with van der Waals surface area (Å²) in [5.41, 5.74) is 0.495. The lowest BCUT2D eigenvalue weighted by Crippen LogP contribution is -2.30. The van der Waals surface area contributed by atoms with Crippen LogP contribution in [0.15, 0.2) is 18.2 Å². The van der Waals surface area contributed by atoms with Crippen molar-refractivity contribution in [3.63, 3.8) is 0 Å². The Bertz CT molecular complexity index is 451. The molecule has 0 aromatic heterocycles. The van der Waals surface area contributed by atoms with E-state index in [1.807, 2.05) is 11.9 Å². The monoisotopic (exact) mass is 286 g/mol. The fraction of sp³-hybridized carbons (Fsp3) is 0.462. The number of benzene rings is 1. The van der Waals surface area contributed by atoms with Crippen LogP contribution in [0.5, 0.6) is 0 Å². The molecule has 3 nitrogen and oxygen atoms in total. The van der Waals surface area contributed by atoms with Gasteiger partial charge in [-0.25, -0.2) is 0 Å². The Balaban J connectivity index is 2.10. The molecule has 0 bridgehead atoms. The minimum Gasteiger partial charge on any atom is -0.338 e. The molecular weight excluding hydrogens is 271 g/mol. The molecule has 1 atom stereocenters. The molecule has 1 saturated heterocycles. The molecule has 18 heavy (non-hydrogen) atoms. The number of carbonyl (C=O) groups is 1. The largest absolute Gasteiger partial charge is 0.338 e. The second-order valence-corrected chi connectivity index (χ2v) is 5.43. The van der Waals surface area contributed by atoms with Gasteiger partial charge >= 0.3 is 0 Å². The van der Waals surface area contributed by atoms with E-state index in [-0.39, 0.29) is 5.91 Å². The number of carbonyl (C=O) groups excluding carboxylic acids is 1. The fourth-order valence-corrected chi connectivity index (χ4v) is 2.67. The molecule has 98 valence electrons. The SMILES string of the molecule is CNC[C@H]1CCN(C(=O)c2cc(Cl)ccc2Cl)C1. The molecule has 1 heterocycles. The Hall–Kier alpha value is -0.770. The summed E-state index contributed by atoms with van der Waals surface area (Å²) in [7, 11) is 1.93. The number of rotatable bonds is 3. The van der Waals surface area contributed by atoms with E-state index in [1.54, 1.807) is 18.2 Å². The number of hydrogen-bond donors (Lipinski definition) is 1. The van der Waals surface area contributed by atoms with Crippen LogP contribution in [0.1, 0.15) is 16.8 Å². The highest BCUT2D eigenvalue weighted by Crippen LogP contribution is 2.25. The third-order valence-corrected chi connectivity index (χ3v) is 3.79. The zero-order chi connectivity index (χ0) is 13.1. The molecule has 0 spiro atoms. The molecule has 2 rings (SSSR count). The van der Waals surface area contributed by atoms with Gasteiger partial charge in [0.25, 0.3) is 5.91 Å². The zero-order valence-corrected chi connectivity index (χ0v) is 11.8. The molecule has 1 aliphatic heterocycles. The summed E-state index contributed by atoms with van der Waals surface area (Å²) < 4.78 is 0. The number of nitrogens with one attached hydrogen (secondary N) is 1. The van der Waals surface area contributed by atoms with Crippen molar-refractivity contribution in [2.45, 2.75) is 6.42 Å². The van der Waals surface area contributed by atoms with Crippen LogP contribution < -0.4 is 5.32 Å². The lowest BCUT2D eigenvalue weighted by Gasteiger charge is -2.17. The van der Waals surface area contributed by atoms with Crippen molar-refractivity contribution in [3.05, 3.63) is 33.8 Å². The molecule has 0 radical (unpaired) electrons. The third kappa shape index (κ3) is 2.97. The maximum Gasteiger partial charge on any atom is 0.255 e. The average molecular weight is 287 g/mol. The van der Waals surface area contributed by atoms with Gasteiger partial charge in [-0.1, -0.05) is 23.2 Å². The molecule has 1 amide bonds. The predicted octanol–water partition coefficient (Wildman–Crippen LogP) is 2.67. The normalized spacial score (nSPS) is 19.3. The van der Waals surface area contributed by atoms with Gasteiger partial charge in [0.15, 0.2) is 0 Å². The van der Waals surface area contributed by atoms with Gasteiger partial charge < -0.3 is 10.2 Å². The minimum absolute atomic E-state index is 0.0268. The Labute approximate surface area is 117 Å². The van der Waals surface area contributed by atoms with Gasteiger partial charge in [0.05, 0.1) is 10.6 Å². The number of amides is 1. The van der Waals surface area contributed by atoms with Gasteiger partial charge in [-0.05, 0) is 44.1 Å². The zero-order valence-electron chi connectivity index (χ0n) is 10.2. The van der Waals surface area contributed by atoms with Gasteiger partial charge in [-0.2, -0.15) is 0 Å². The number of likely N-dealkylation sites (tertiary alicyclic amines) is 1. The second-order valence-electron chi connectivity index (χ2n) is 4.59. The molecule has 5 heteroatoms. The highest BCUT2D eigenvalue weighted by molar-refractivity contribution is 6.35. The van der Waals surface area contributed by atoms with Crippen LogP contribution in [0.3, 0.4) is 0 Å². The van der Waals surface area contributed by atoms with Gasteiger partial charge in [0.2, 0.25) is 0 Å². The van der Waals surface area contributed by atoms with Crippen molar-refractivity contribution < 1.29 is 4.79 Å². The standard InChI is InChI=1S/C13H16Cl2N2O/c1-16-7-9-4-5-17(8-9)13(18)11-6-10(14)2-3-12(11)15/h2-3,6,9,16H,4-5,7-8H2,1H3/t9-/m1/s1. The first-order valence-electron chi connectivity index (χ1n) is 6.00. The average Bonchev–Trinajstić information content (AvgIpc) is 2.80. The second kappa shape index (κ2) is 5.91. The molecule has 1 aliphatic rings. The van der Waals surface area contributed by atoms with Crippen LogP contribution in [-0.4, -0.2) is 37.5 Å². The summed E-state index contributed by atoms with van der Waals surface area (Å²) in [5.74, 6) is 0.498. The molecule has 1 aromatic rings. The van der Waals surface area contributed by atoms with Crippen LogP contribution in [0.25, 0.3) is 0 Å². The predicted molar refractivity (Wildman–Crippen MR) is 74.4 cm³/mol. The number of hydrogen-bond acceptors (Lipinski definition) is 2. The van der Waals surface area contributed by atoms with Gasteiger partial charge in [-0.3, -0.25) is 4.79 Å². The summed E-state index contributed by atoms with van der Waals surface area (Å²) in [4.78, 5) is 14.2. The number of nitrogens with zero attached hydrogens (tertiary/aromatic N) is 1. The molecule has 1 aromatic carbocycles. The van der Waals surface area contributed by atoms with Crippen LogP contribution in [0, 0.1) is 5.92 Å².